The summed E-state index contributed by atoms with van der Waals surface area (Å²) in [5.74, 6) is 1.29. The van der Waals surface area contributed by atoms with Crippen LogP contribution in [0.3, 0.4) is 0 Å². The molecule has 2 fully saturated rings. The van der Waals surface area contributed by atoms with E-state index in [0.29, 0.717) is 30.5 Å². The lowest BCUT2D eigenvalue weighted by Crippen LogP contribution is -2.39. The quantitative estimate of drug-likeness (QED) is 0.800. The molecular formula is C18H19ClN4O3. The van der Waals surface area contributed by atoms with Crippen LogP contribution in [0.2, 0.25) is 5.02 Å². The van der Waals surface area contributed by atoms with E-state index >= 15 is 0 Å². The van der Waals surface area contributed by atoms with Crippen LogP contribution in [0.4, 0.5) is 10.6 Å². The monoisotopic (exact) mass is 374 g/mol. The zero-order chi connectivity index (χ0) is 18.1. The largest absolute Gasteiger partial charge is 0.481 e. The second kappa shape index (κ2) is 6.99. The van der Waals surface area contributed by atoms with Gasteiger partial charge in [-0.25, -0.2) is 14.8 Å². The average Bonchev–Trinajstić information content (AvgIpc) is 3.17. The molecule has 0 saturated carbocycles. The minimum Gasteiger partial charge on any atom is -0.481 e. The van der Waals surface area contributed by atoms with E-state index in [0.717, 1.165) is 17.8 Å². The van der Waals surface area contributed by atoms with Gasteiger partial charge in [0.25, 0.3) is 0 Å². The highest BCUT2D eigenvalue weighted by Crippen LogP contribution is 2.30. The number of rotatable bonds is 5. The molecule has 0 unspecified atom stereocenters. The van der Waals surface area contributed by atoms with Gasteiger partial charge >= 0.3 is 6.09 Å². The summed E-state index contributed by atoms with van der Waals surface area (Å²) >= 11 is 6.04. The van der Waals surface area contributed by atoms with Gasteiger partial charge in [-0.2, -0.15) is 0 Å². The number of hydrogen-bond donors (Lipinski definition) is 0. The van der Waals surface area contributed by atoms with E-state index in [4.69, 9.17) is 21.1 Å². The molecule has 2 atom stereocenters. The summed E-state index contributed by atoms with van der Waals surface area (Å²) in [4.78, 5) is 24.5. The molecule has 26 heavy (non-hydrogen) atoms. The van der Waals surface area contributed by atoms with Crippen LogP contribution in [0.25, 0.3) is 0 Å². The predicted molar refractivity (Wildman–Crippen MR) is 96.7 cm³/mol. The van der Waals surface area contributed by atoms with Gasteiger partial charge in [0.15, 0.2) is 0 Å². The Hall–Kier alpha value is -2.54. The van der Waals surface area contributed by atoms with Crippen LogP contribution in [-0.2, 0) is 11.2 Å². The molecule has 2 saturated heterocycles. The highest BCUT2D eigenvalue weighted by Gasteiger charge is 2.47. The van der Waals surface area contributed by atoms with Crippen molar-refractivity contribution in [1.29, 1.82) is 0 Å². The summed E-state index contributed by atoms with van der Waals surface area (Å²) in [6.07, 6.45) is 1.82. The number of methoxy groups -OCH3 is 1. The molecule has 1 amide bonds. The first-order valence-corrected chi connectivity index (χ1v) is 8.84. The normalized spacial score (nSPS) is 21.7. The first kappa shape index (κ1) is 16.9. The van der Waals surface area contributed by atoms with Crippen LogP contribution < -0.4 is 9.64 Å². The number of hydrogen-bond acceptors (Lipinski definition) is 6. The second-order valence-electron chi connectivity index (χ2n) is 6.39. The fourth-order valence-electron chi connectivity index (χ4n) is 3.51. The maximum atomic E-state index is 12.2. The summed E-state index contributed by atoms with van der Waals surface area (Å²) in [6.45, 7) is 1.89. The van der Waals surface area contributed by atoms with E-state index < -0.39 is 0 Å². The van der Waals surface area contributed by atoms with E-state index in [1.165, 1.54) is 6.33 Å². The molecule has 4 rings (SSSR count). The van der Waals surface area contributed by atoms with E-state index in [9.17, 15) is 4.79 Å². The third kappa shape index (κ3) is 3.26. The number of benzene rings is 1. The molecule has 2 aromatic rings. The van der Waals surface area contributed by atoms with Gasteiger partial charge in [0.05, 0.1) is 19.7 Å². The zero-order valence-electron chi connectivity index (χ0n) is 14.3. The molecule has 0 N–H and O–H groups in total. The molecule has 0 spiro atoms. The van der Waals surface area contributed by atoms with Crippen LogP contribution in [0.15, 0.2) is 36.7 Å². The van der Waals surface area contributed by atoms with Crippen molar-refractivity contribution < 1.29 is 14.3 Å². The molecule has 2 aliphatic heterocycles. The summed E-state index contributed by atoms with van der Waals surface area (Å²) in [5, 5.41) is 0.703. The lowest BCUT2D eigenvalue weighted by Gasteiger charge is -2.23. The number of halogens is 1. The summed E-state index contributed by atoms with van der Waals surface area (Å²) in [6, 6.07) is 9.51. The lowest BCUT2D eigenvalue weighted by molar-refractivity contribution is 0.136. The van der Waals surface area contributed by atoms with Crippen LogP contribution in [0, 0.1) is 0 Å². The number of carbonyl (C=O) groups is 1. The number of fused-ring (bicyclic) bond motifs is 1. The molecule has 3 heterocycles. The molecule has 7 nitrogen and oxygen atoms in total. The van der Waals surface area contributed by atoms with Gasteiger partial charge in [-0.1, -0.05) is 23.7 Å². The minimum atomic E-state index is -0.248. The first-order valence-electron chi connectivity index (χ1n) is 8.47. The van der Waals surface area contributed by atoms with Gasteiger partial charge in [-0.15, -0.1) is 0 Å². The topological polar surface area (TPSA) is 67.8 Å². The van der Waals surface area contributed by atoms with Crippen LogP contribution in [0.1, 0.15) is 5.56 Å². The van der Waals surface area contributed by atoms with E-state index in [1.807, 2.05) is 29.2 Å². The Morgan fingerprint density at radius 2 is 2.19 bits per heavy atom. The number of anilines is 1. The van der Waals surface area contributed by atoms with Gasteiger partial charge in [-0.3, -0.25) is 4.90 Å². The van der Waals surface area contributed by atoms with Gasteiger partial charge in [0, 0.05) is 24.2 Å². The van der Waals surface area contributed by atoms with E-state index in [-0.39, 0.29) is 18.2 Å². The average molecular weight is 375 g/mol. The van der Waals surface area contributed by atoms with E-state index in [2.05, 4.69) is 14.9 Å². The van der Waals surface area contributed by atoms with Crippen molar-refractivity contribution in [3.8, 4) is 5.88 Å². The Labute approximate surface area is 156 Å². The Morgan fingerprint density at radius 1 is 1.31 bits per heavy atom. The maximum absolute atomic E-state index is 12.2. The standard InChI is InChI=1S/C18H19ClN4O3/c1-25-17-8-16(20-11-21-17)22-9-14-15(10-22)26-18(24)23(14)6-5-12-3-2-4-13(19)7-12/h2-4,7-8,11,14-15H,5-6,9-10H2,1H3/t14-,15+/m0/s1. The third-order valence-corrected chi connectivity index (χ3v) is 5.05. The fraction of sp³-hybridized carbons (Fsp3) is 0.389. The van der Waals surface area contributed by atoms with Crippen molar-refractivity contribution >= 4 is 23.5 Å². The first-order chi connectivity index (χ1) is 12.6. The van der Waals surface area contributed by atoms with Crippen molar-refractivity contribution in [2.24, 2.45) is 0 Å². The number of ether oxygens (including phenoxy) is 2. The number of nitrogens with zero attached hydrogens (tertiary/aromatic N) is 4. The molecule has 8 heteroatoms. The third-order valence-electron chi connectivity index (χ3n) is 4.82. The predicted octanol–water partition coefficient (Wildman–Crippen LogP) is 2.39. The van der Waals surface area contributed by atoms with E-state index in [1.54, 1.807) is 13.2 Å². The van der Waals surface area contributed by atoms with Gasteiger partial charge in [0.2, 0.25) is 5.88 Å². The molecular weight excluding hydrogens is 356 g/mol. The maximum Gasteiger partial charge on any atom is 0.410 e. The van der Waals surface area contributed by atoms with Crippen molar-refractivity contribution in [2.75, 3.05) is 31.6 Å². The number of aromatic nitrogens is 2. The summed E-state index contributed by atoms with van der Waals surface area (Å²) in [5.41, 5.74) is 1.10. The van der Waals surface area contributed by atoms with Crippen molar-refractivity contribution in [3.63, 3.8) is 0 Å². The molecule has 136 valence electrons. The molecule has 0 aliphatic carbocycles. The van der Waals surface area contributed by atoms with Crippen LogP contribution >= 0.6 is 11.6 Å². The SMILES string of the molecule is COc1cc(N2C[C@H]3OC(=O)N(CCc4cccc(Cl)c4)[C@H]3C2)ncn1. The Bertz CT molecular complexity index is 819. The molecule has 2 aliphatic rings. The molecule has 1 aromatic heterocycles. The molecule has 1 aromatic carbocycles. The van der Waals surface area contributed by atoms with Crippen molar-refractivity contribution in [3.05, 3.63) is 47.2 Å². The second-order valence-corrected chi connectivity index (χ2v) is 6.82. The van der Waals surface area contributed by atoms with Crippen LogP contribution in [0.5, 0.6) is 5.88 Å². The highest BCUT2D eigenvalue weighted by molar-refractivity contribution is 6.30. The highest BCUT2D eigenvalue weighted by atomic mass is 35.5. The van der Waals surface area contributed by atoms with Gasteiger partial charge < -0.3 is 14.4 Å². The minimum absolute atomic E-state index is 0.0163. The molecule has 0 radical (unpaired) electrons. The lowest BCUT2D eigenvalue weighted by atomic mass is 10.1. The van der Waals surface area contributed by atoms with Crippen molar-refractivity contribution in [2.45, 2.75) is 18.6 Å². The summed E-state index contributed by atoms with van der Waals surface area (Å²) in [7, 11) is 1.57. The Morgan fingerprint density at radius 3 is 3.00 bits per heavy atom. The van der Waals surface area contributed by atoms with Crippen molar-refractivity contribution in [1.82, 2.24) is 14.9 Å². The van der Waals surface area contributed by atoms with Crippen LogP contribution in [-0.4, -0.2) is 59.9 Å². The number of amides is 1. The smallest absolute Gasteiger partial charge is 0.410 e. The number of carbonyl (C=O) groups excluding carboxylic acids is 1. The zero-order valence-corrected chi connectivity index (χ0v) is 15.1. The Balaban J connectivity index is 1.44. The fourth-order valence-corrected chi connectivity index (χ4v) is 3.72. The van der Waals surface area contributed by atoms with Gasteiger partial charge in [0.1, 0.15) is 18.2 Å². The molecule has 0 bridgehead atoms. The Kier molecular flexibility index (Phi) is 4.55. The summed E-state index contributed by atoms with van der Waals surface area (Å²) < 4.78 is 10.7. The van der Waals surface area contributed by atoms with Gasteiger partial charge in [-0.05, 0) is 24.1 Å².